The zero-order valence-electron chi connectivity index (χ0n) is 15.5. The van der Waals surface area contributed by atoms with Gasteiger partial charge in [0.25, 0.3) is 0 Å². The van der Waals surface area contributed by atoms with E-state index in [0.717, 1.165) is 5.69 Å². The summed E-state index contributed by atoms with van der Waals surface area (Å²) >= 11 is 0. The Balaban J connectivity index is 1.73. The molecule has 2 N–H and O–H groups in total. The summed E-state index contributed by atoms with van der Waals surface area (Å²) in [6.07, 6.45) is 3.00. The highest BCUT2D eigenvalue weighted by atomic mass is 32.2. The minimum absolute atomic E-state index is 0.116. The lowest BCUT2D eigenvalue weighted by Crippen LogP contribution is -2.47. The van der Waals surface area contributed by atoms with Gasteiger partial charge in [0.05, 0.1) is 10.6 Å². The number of aromatic nitrogens is 3. The van der Waals surface area contributed by atoms with Crippen molar-refractivity contribution in [3.63, 3.8) is 0 Å². The Morgan fingerprint density at radius 1 is 1.04 bits per heavy atom. The van der Waals surface area contributed by atoms with Gasteiger partial charge in [0.2, 0.25) is 15.9 Å². The molecule has 0 unspecified atom stereocenters. The predicted octanol–water partition coefficient (Wildman–Crippen LogP) is 2.21. The SMILES string of the molecule is CC(C)[C@H](NS(=O)(=O)c1ccccc1)C(=O)Nc1ccc(-n2cncn2)cc1. The molecule has 0 fully saturated rings. The summed E-state index contributed by atoms with van der Waals surface area (Å²) in [6.45, 7) is 3.57. The Bertz CT molecular complexity index is 1020. The molecule has 0 saturated heterocycles. The van der Waals surface area contributed by atoms with E-state index >= 15 is 0 Å². The molecule has 0 aliphatic rings. The normalized spacial score (nSPS) is 12.7. The molecule has 1 atom stereocenters. The van der Waals surface area contributed by atoms with Gasteiger partial charge < -0.3 is 5.32 Å². The van der Waals surface area contributed by atoms with Gasteiger partial charge in [-0.3, -0.25) is 4.79 Å². The molecular weight excluding hydrogens is 378 g/mol. The summed E-state index contributed by atoms with van der Waals surface area (Å²) in [6, 6.07) is 14.1. The van der Waals surface area contributed by atoms with Crippen molar-refractivity contribution in [1.29, 1.82) is 0 Å². The second-order valence-corrected chi connectivity index (χ2v) is 8.25. The van der Waals surface area contributed by atoms with Crippen molar-refractivity contribution in [1.82, 2.24) is 19.5 Å². The lowest BCUT2D eigenvalue weighted by molar-refractivity contribution is -0.118. The molecule has 0 aliphatic carbocycles. The fraction of sp³-hybridized carbons (Fsp3) is 0.211. The molecule has 0 spiro atoms. The van der Waals surface area contributed by atoms with E-state index in [4.69, 9.17) is 0 Å². The molecule has 28 heavy (non-hydrogen) atoms. The summed E-state index contributed by atoms with van der Waals surface area (Å²) in [5, 5.41) is 6.80. The zero-order chi connectivity index (χ0) is 20.1. The van der Waals surface area contributed by atoms with Crippen LogP contribution < -0.4 is 10.0 Å². The first-order valence-corrected chi connectivity index (χ1v) is 10.2. The molecule has 9 heteroatoms. The molecule has 1 heterocycles. The summed E-state index contributed by atoms with van der Waals surface area (Å²) in [4.78, 5) is 16.7. The molecule has 1 amide bonds. The molecule has 2 aromatic carbocycles. The van der Waals surface area contributed by atoms with Gasteiger partial charge >= 0.3 is 0 Å². The summed E-state index contributed by atoms with van der Waals surface area (Å²) in [5.41, 5.74) is 1.35. The molecular formula is C19H21N5O3S. The van der Waals surface area contributed by atoms with E-state index in [9.17, 15) is 13.2 Å². The van der Waals surface area contributed by atoms with Crippen molar-refractivity contribution >= 4 is 21.6 Å². The van der Waals surface area contributed by atoms with E-state index in [1.165, 1.54) is 18.5 Å². The van der Waals surface area contributed by atoms with Crippen molar-refractivity contribution in [3.8, 4) is 5.69 Å². The van der Waals surface area contributed by atoms with Crippen LogP contribution in [0.1, 0.15) is 13.8 Å². The lowest BCUT2D eigenvalue weighted by atomic mass is 10.0. The minimum Gasteiger partial charge on any atom is -0.325 e. The van der Waals surface area contributed by atoms with E-state index in [2.05, 4.69) is 20.1 Å². The maximum absolute atomic E-state index is 12.7. The number of amides is 1. The van der Waals surface area contributed by atoms with Gasteiger partial charge in [-0.15, -0.1) is 0 Å². The topological polar surface area (TPSA) is 106 Å². The van der Waals surface area contributed by atoms with Gasteiger partial charge in [-0.2, -0.15) is 9.82 Å². The van der Waals surface area contributed by atoms with Crippen LogP contribution in [0.5, 0.6) is 0 Å². The molecule has 146 valence electrons. The van der Waals surface area contributed by atoms with Crippen LogP contribution in [0.3, 0.4) is 0 Å². The van der Waals surface area contributed by atoms with E-state index in [0.29, 0.717) is 5.69 Å². The van der Waals surface area contributed by atoms with Crippen LogP contribution in [0.4, 0.5) is 5.69 Å². The van der Waals surface area contributed by atoms with Crippen molar-refractivity contribution in [3.05, 3.63) is 67.3 Å². The number of anilines is 1. The van der Waals surface area contributed by atoms with Crippen molar-refractivity contribution < 1.29 is 13.2 Å². The highest BCUT2D eigenvalue weighted by molar-refractivity contribution is 7.89. The number of nitrogens with one attached hydrogen (secondary N) is 2. The van der Waals surface area contributed by atoms with Crippen LogP contribution in [-0.2, 0) is 14.8 Å². The Kier molecular flexibility index (Phi) is 5.86. The first kappa shape index (κ1) is 19.7. The maximum atomic E-state index is 12.7. The zero-order valence-corrected chi connectivity index (χ0v) is 16.3. The largest absolute Gasteiger partial charge is 0.325 e. The van der Waals surface area contributed by atoms with Crippen LogP contribution in [0.25, 0.3) is 5.69 Å². The van der Waals surface area contributed by atoms with Crippen molar-refractivity contribution in [2.45, 2.75) is 24.8 Å². The Morgan fingerprint density at radius 3 is 2.29 bits per heavy atom. The average Bonchev–Trinajstić information content (AvgIpc) is 3.22. The monoisotopic (exact) mass is 399 g/mol. The highest BCUT2D eigenvalue weighted by Crippen LogP contribution is 2.16. The quantitative estimate of drug-likeness (QED) is 0.634. The summed E-state index contributed by atoms with van der Waals surface area (Å²) in [5.74, 6) is -0.670. The number of hydrogen-bond acceptors (Lipinski definition) is 5. The van der Waals surface area contributed by atoms with Gasteiger partial charge in [0, 0.05) is 5.69 Å². The van der Waals surface area contributed by atoms with Crippen LogP contribution in [0.2, 0.25) is 0 Å². The molecule has 3 rings (SSSR count). The maximum Gasteiger partial charge on any atom is 0.242 e. The highest BCUT2D eigenvalue weighted by Gasteiger charge is 2.28. The number of carbonyl (C=O) groups excluding carboxylic acids is 1. The van der Waals surface area contributed by atoms with Crippen LogP contribution in [0, 0.1) is 5.92 Å². The minimum atomic E-state index is -3.81. The van der Waals surface area contributed by atoms with Gasteiger partial charge in [0.15, 0.2) is 0 Å². The average molecular weight is 399 g/mol. The van der Waals surface area contributed by atoms with Crippen LogP contribution in [0.15, 0.2) is 72.1 Å². The lowest BCUT2D eigenvalue weighted by Gasteiger charge is -2.21. The first-order chi connectivity index (χ1) is 13.4. The van der Waals surface area contributed by atoms with Gasteiger partial charge in [-0.25, -0.2) is 18.1 Å². The molecule has 0 radical (unpaired) electrons. The second kappa shape index (κ2) is 8.32. The van der Waals surface area contributed by atoms with Crippen molar-refractivity contribution in [2.24, 2.45) is 5.92 Å². The van der Waals surface area contributed by atoms with E-state index in [1.54, 1.807) is 67.3 Å². The standard InChI is InChI=1S/C19H21N5O3S/c1-14(2)18(23-28(26,27)17-6-4-3-5-7-17)19(25)22-15-8-10-16(11-9-15)24-13-20-12-21-24/h3-14,18,23H,1-2H3,(H,22,25)/t18-/m0/s1. The Morgan fingerprint density at radius 2 is 1.71 bits per heavy atom. The first-order valence-electron chi connectivity index (χ1n) is 8.70. The third kappa shape index (κ3) is 4.62. The third-order valence-electron chi connectivity index (χ3n) is 4.10. The molecule has 1 aromatic heterocycles. The summed E-state index contributed by atoms with van der Waals surface area (Å²) < 4.78 is 29.2. The number of carbonyl (C=O) groups is 1. The van der Waals surface area contributed by atoms with E-state index < -0.39 is 22.0 Å². The van der Waals surface area contributed by atoms with E-state index in [1.807, 2.05) is 0 Å². The second-order valence-electron chi connectivity index (χ2n) is 6.53. The molecule has 0 aliphatic heterocycles. The van der Waals surface area contributed by atoms with E-state index in [-0.39, 0.29) is 10.8 Å². The number of sulfonamides is 1. The van der Waals surface area contributed by atoms with Crippen LogP contribution >= 0.6 is 0 Å². The number of nitrogens with zero attached hydrogens (tertiary/aromatic N) is 3. The summed E-state index contributed by atoms with van der Waals surface area (Å²) in [7, 11) is -3.81. The van der Waals surface area contributed by atoms with Crippen molar-refractivity contribution in [2.75, 3.05) is 5.32 Å². The Labute approximate surface area is 163 Å². The smallest absolute Gasteiger partial charge is 0.242 e. The van der Waals surface area contributed by atoms with Crippen LogP contribution in [-0.4, -0.2) is 35.1 Å². The number of hydrogen-bond donors (Lipinski definition) is 2. The molecule has 0 bridgehead atoms. The molecule has 8 nitrogen and oxygen atoms in total. The van der Waals surface area contributed by atoms with Gasteiger partial charge in [-0.05, 0) is 42.3 Å². The molecule has 0 saturated carbocycles. The third-order valence-corrected chi connectivity index (χ3v) is 5.56. The molecule has 3 aromatic rings. The Hall–Kier alpha value is -3.04. The fourth-order valence-electron chi connectivity index (χ4n) is 2.59. The van der Waals surface area contributed by atoms with Gasteiger partial charge in [0.1, 0.15) is 18.7 Å². The predicted molar refractivity (Wildman–Crippen MR) is 105 cm³/mol. The number of benzene rings is 2. The number of rotatable bonds is 7. The fourth-order valence-corrected chi connectivity index (χ4v) is 3.95. The van der Waals surface area contributed by atoms with Gasteiger partial charge in [-0.1, -0.05) is 32.0 Å².